The summed E-state index contributed by atoms with van der Waals surface area (Å²) in [5, 5.41) is 3.84. The maximum absolute atomic E-state index is 14.1. The molecule has 0 aliphatic carbocycles. The van der Waals surface area contributed by atoms with Gasteiger partial charge in [0.05, 0.1) is 15.6 Å². The monoisotopic (exact) mass is 637 g/mol. The molecular weight excluding hydrogens is 605 g/mol. The molecule has 3 aromatic rings. The maximum Gasteiger partial charge on any atom is 0.264 e. The van der Waals surface area contributed by atoms with Crippen molar-refractivity contribution < 1.29 is 18.0 Å². The summed E-state index contributed by atoms with van der Waals surface area (Å²) in [6.07, 6.45) is 0.990. The third-order valence-electron chi connectivity index (χ3n) is 6.75. The van der Waals surface area contributed by atoms with Gasteiger partial charge in [-0.2, -0.15) is 0 Å². The number of hydrogen-bond donors (Lipinski definition) is 1. The lowest BCUT2D eigenvalue weighted by molar-refractivity contribution is -0.140. The van der Waals surface area contributed by atoms with Crippen molar-refractivity contribution in [2.45, 2.75) is 64.1 Å². The minimum atomic E-state index is -4.23. The SMILES string of the molecule is CC[C@@H](C)NC(=O)[C@H](CC)N(Cc1ccc(Cl)cc1Cl)C(=O)CN(c1ccccc1Cl)S(=O)(=O)c1ccc(C)cc1. The number of amides is 2. The van der Waals surface area contributed by atoms with Crippen LogP contribution in [-0.2, 0) is 26.2 Å². The van der Waals surface area contributed by atoms with Crippen LogP contribution in [0, 0.1) is 6.92 Å². The number of rotatable bonds is 12. The summed E-state index contributed by atoms with van der Waals surface area (Å²) in [5.41, 5.74) is 1.59. The van der Waals surface area contributed by atoms with Crippen LogP contribution in [0.4, 0.5) is 5.69 Å². The number of sulfonamides is 1. The number of benzene rings is 3. The van der Waals surface area contributed by atoms with Gasteiger partial charge in [-0.25, -0.2) is 8.42 Å². The summed E-state index contributed by atoms with van der Waals surface area (Å²) in [6.45, 7) is 6.82. The second-order valence-electron chi connectivity index (χ2n) is 9.78. The standard InChI is InChI=1S/C30H34Cl3N3O4S/c1-5-21(4)34-30(38)27(6-2)35(18-22-13-14-23(31)17-26(22)33)29(37)19-36(28-10-8-7-9-25(28)32)41(39,40)24-15-11-20(3)12-16-24/h7-17,21,27H,5-6,18-19H2,1-4H3,(H,34,38)/t21-,27+/m1/s1. The first-order valence-electron chi connectivity index (χ1n) is 13.3. The van der Waals surface area contributed by atoms with Crippen molar-refractivity contribution in [3.8, 4) is 0 Å². The first kappa shape index (κ1) is 32.7. The Labute approximate surface area is 257 Å². The number of anilines is 1. The highest BCUT2D eigenvalue weighted by atomic mass is 35.5. The molecule has 0 heterocycles. The molecule has 0 radical (unpaired) electrons. The van der Waals surface area contributed by atoms with Gasteiger partial charge in [-0.1, -0.05) is 84.5 Å². The van der Waals surface area contributed by atoms with Crippen molar-refractivity contribution in [3.05, 3.63) is 92.9 Å². The number of para-hydroxylation sites is 1. The Bertz CT molecular complexity index is 1480. The Morgan fingerprint density at radius 2 is 1.56 bits per heavy atom. The van der Waals surface area contributed by atoms with Crippen LogP contribution in [0.3, 0.4) is 0 Å². The molecule has 3 aromatic carbocycles. The topological polar surface area (TPSA) is 86.8 Å². The van der Waals surface area contributed by atoms with E-state index >= 15 is 0 Å². The van der Waals surface area contributed by atoms with Gasteiger partial charge in [-0.3, -0.25) is 13.9 Å². The van der Waals surface area contributed by atoms with Crippen molar-refractivity contribution >= 4 is 62.3 Å². The summed E-state index contributed by atoms with van der Waals surface area (Å²) in [5.74, 6) is -0.941. The van der Waals surface area contributed by atoms with E-state index in [0.29, 0.717) is 22.0 Å². The summed E-state index contributed by atoms with van der Waals surface area (Å²) < 4.78 is 28.9. The highest BCUT2D eigenvalue weighted by molar-refractivity contribution is 7.92. The zero-order valence-corrected chi connectivity index (χ0v) is 26.5. The molecule has 1 N–H and O–H groups in total. The Balaban J connectivity index is 2.09. The van der Waals surface area contributed by atoms with Gasteiger partial charge in [0.15, 0.2) is 0 Å². The second-order valence-corrected chi connectivity index (χ2v) is 12.9. The van der Waals surface area contributed by atoms with E-state index < -0.39 is 28.5 Å². The normalized spacial score (nSPS) is 12.9. The van der Waals surface area contributed by atoms with Crippen LogP contribution in [-0.4, -0.2) is 43.8 Å². The number of nitrogens with one attached hydrogen (secondary N) is 1. The quantitative estimate of drug-likeness (QED) is 0.235. The van der Waals surface area contributed by atoms with E-state index in [0.717, 1.165) is 9.87 Å². The third-order valence-corrected chi connectivity index (χ3v) is 9.43. The van der Waals surface area contributed by atoms with Gasteiger partial charge in [-0.05, 0) is 68.7 Å². The van der Waals surface area contributed by atoms with Gasteiger partial charge in [0.2, 0.25) is 11.8 Å². The molecule has 0 spiro atoms. The number of halogens is 3. The number of carbonyl (C=O) groups excluding carboxylic acids is 2. The zero-order chi connectivity index (χ0) is 30.3. The van der Waals surface area contributed by atoms with E-state index in [2.05, 4.69) is 5.32 Å². The summed E-state index contributed by atoms with van der Waals surface area (Å²) in [6, 6.07) is 16.6. The highest BCUT2D eigenvalue weighted by Gasteiger charge is 2.34. The molecule has 7 nitrogen and oxygen atoms in total. The van der Waals surface area contributed by atoms with E-state index in [9.17, 15) is 18.0 Å². The van der Waals surface area contributed by atoms with Gasteiger partial charge in [-0.15, -0.1) is 0 Å². The number of hydrogen-bond acceptors (Lipinski definition) is 4. The molecule has 0 aliphatic rings. The molecular formula is C30H34Cl3N3O4S. The lowest BCUT2D eigenvalue weighted by Gasteiger charge is -2.34. The Hall–Kier alpha value is -2.78. The lowest BCUT2D eigenvalue weighted by Crippen LogP contribution is -2.53. The Kier molecular flexibility index (Phi) is 11.5. The minimum absolute atomic E-state index is 0.00432. The van der Waals surface area contributed by atoms with Crippen LogP contribution >= 0.6 is 34.8 Å². The second kappa shape index (κ2) is 14.4. The van der Waals surface area contributed by atoms with Crippen molar-refractivity contribution in [3.63, 3.8) is 0 Å². The molecule has 0 unspecified atom stereocenters. The number of nitrogens with zero attached hydrogens (tertiary/aromatic N) is 2. The third kappa shape index (κ3) is 8.16. The van der Waals surface area contributed by atoms with E-state index in [4.69, 9.17) is 34.8 Å². The fourth-order valence-corrected chi connectivity index (χ4v) is 6.39. The number of carbonyl (C=O) groups is 2. The molecule has 11 heteroatoms. The van der Waals surface area contributed by atoms with Crippen molar-refractivity contribution in [2.75, 3.05) is 10.8 Å². The van der Waals surface area contributed by atoms with Crippen LogP contribution in [0.15, 0.2) is 71.6 Å². The Morgan fingerprint density at radius 1 is 0.902 bits per heavy atom. The smallest absolute Gasteiger partial charge is 0.264 e. The number of aryl methyl sites for hydroxylation is 1. The molecule has 2 atom stereocenters. The predicted molar refractivity (Wildman–Crippen MR) is 166 cm³/mol. The minimum Gasteiger partial charge on any atom is -0.352 e. The van der Waals surface area contributed by atoms with E-state index in [1.54, 1.807) is 55.5 Å². The molecule has 2 amide bonds. The van der Waals surface area contributed by atoms with E-state index in [1.165, 1.54) is 23.1 Å². The largest absolute Gasteiger partial charge is 0.352 e. The van der Waals surface area contributed by atoms with E-state index in [1.807, 2.05) is 20.8 Å². The van der Waals surface area contributed by atoms with Crippen LogP contribution in [0.1, 0.15) is 44.7 Å². The average molecular weight is 639 g/mol. The molecule has 0 aliphatic heterocycles. The van der Waals surface area contributed by atoms with Crippen molar-refractivity contribution in [1.82, 2.24) is 10.2 Å². The van der Waals surface area contributed by atoms with Gasteiger partial charge < -0.3 is 10.2 Å². The van der Waals surface area contributed by atoms with Gasteiger partial charge in [0, 0.05) is 22.6 Å². The zero-order valence-electron chi connectivity index (χ0n) is 23.4. The lowest BCUT2D eigenvalue weighted by atomic mass is 10.1. The van der Waals surface area contributed by atoms with Crippen molar-refractivity contribution in [2.24, 2.45) is 0 Å². The molecule has 220 valence electrons. The summed E-state index contributed by atoms with van der Waals surface area (Å²) >= 11 is 19.0. The predicted octanol–water partition coefficient (Wildman–Crippen LogP) is 6.87. The van der Waals surface area contributed by atoms with Crippen LogP contribution < -0.4 is 9.62 Å². The molecule has 0 aromatic heterocycles. The molecule has 0 bridgehead atoms. The maximum atomic E-state index is 14.1. The van der Waals surface area contributed by atoms with Crippen molar-refractivity contribution in [1.29, 1.82) is 0 Å². The van der Waals surface area contributed by atoms with E-state index in [-0.39, 0.29) is 40.5 Å². The van der Waals surface area contributed by atoms with Gasteiger partial charge in [0.25, 0.3) is 10.0 Å². The van der Waals surface area contributed by atoms with Crippen LogP contribution in [0.2, 0.25) is 15.1 Å². The average Bonchev–Trinajstić information content (AvgIpc) is 2.93. The fraction of sp³-hybridized carbons (Fsp3) is 0.333. The highest BCUT2D eigenvalue weighted by Crippen LogP contribution is 2.31. The first-order valence-corrected chi connectivity index (χ1v) is 15.8. The fourth-order valence-electron chi connectivity index (χ4n) is 4.20. The Morgan fingerprint density at radius 3 is 2.15 bits per heavy atom. The van der Waals surface area contributed by atoms with Gasteiger partial charge in [0.1, 0.15) is 12.6 Å². The molecule has 0 saturated carbocycles. The molecule has 0 fully saturated rings. The molecule has 3 rings (SSSR count). The molecule has 0 saturated heterocycles. The van der Waals surface area contributed by atoms with Gasteiger partial charge >= 0.3 is 0 Å². The summed E-state index contributed by atoms with van der Waals surface area (Å²) in [4.78, 5) is 28.9. The summed E-state index contributed by atoms with van der Waals surface area (Å²) in [7, 11) is -4.23. The van der Waals surface area contributed by atoms with Crippen LogP contribution in [0.5, 0.6) is 0 Å². The first-order chi connectivity index (χ1) is 19.4. The molecule has 41 heavy (non-hydrogen) atoms. The van der Waals surface area contributed by atoms with Crippen LogP contribution in [0.25, 0.3) is 0 Å².